The normalized spacial score (nSPS) is 10.9. The molecule has 2 aromatic heterocycles. The van der Waals surface area contributed by atoms with Gasteiger partial charge < -0.3 is 54.8 Å². The van der Waals surface area contributed by atoms with Gasteiger partial charge in [0.1, 0.15) is 0 Å². The molecule has 70 heavy (non-hydrogen) atoms. The average Bonchev–Trinajstić information content (AvgIpc) is 3.37. The van der Waals surface area contributed by atoms with E-state index in [-0.39, 0.29) is 79.8 Å². The summed E-state index contributed by atoms with van der Waals surface area (Å²) < 4.78 is 0. The van der Waals surface area contributed by atoms with Crippen molar-refractivity contribution in [1.29, 1.82) is 0 Å². The van der Waals surface area contributed by atoms with Gasteiger partial charge in [0.2, 0.25) is 0 Å². The Labute approximate surface area is 412 Å². The van der Waals surface area contributed by atoms with Crippen LogP contribution >= 0.6 is 0 Å². The van der Waals surface area contributed by atoms with Gasteiger partial charge >= 0.3 is 0 Å². The van der Waals surface area contributed by atoms with Crippen LogP contribution in [0.2, 0.25) is 0 Å². The molecule has 378 valence electrons. The number of hydrogen-bond acceptors (Lipinski definition) is 12. The van der Waals surface area contributed by atoms with Gasteiger partial charge in [-0.1, -0.05) is 51.4 Å². The number of carbonyl (C=O) groups is 6. The maximum atomic E-state index is 13.8. The van der Waals surface area contributed by atoms with Crippen molar-refractivity contribution in [2.45, 2.75) is 103 Å². The smallest absolute Gasteiger partial charge is 0.255 e. The van der Waals surface area contributed by atoms with Crippen molar-refractivity contribution in [3.8, 4) is 11.4 Å². The number of nitrogens with two attached hydrogens (primary N) is 4. The highest BCUT2D eigenvalue weighted by Crippen LogP contribution is 2.22. The molecule has 0 aliphatic carbocycles. The quantitative estimate of drug-likeness (QED) is 0.0259. The molecule has 0 aliphatic rings. The number of hydrogen-bond donors (Lipinski definition) is 10. The molecule has 0 spiro atoms. The van der Waals surface area contributed by atoms with Crippen LogP contribution < -0.4 is 54.8 Å². The second kappa shape index (κ2) is 32.3. The summed E-state index contributed by atoms with van der Waals surface area (Å²) in [6.07, 6.45) is 17.1. The second-order valence-corrected chi connectivity index (χ2v) is 17.2. The number of anilines is 2. The fourth-order valence-corrected chi connectivity index (χ4v) is 7.46. The number of nitrogens with zero attached hydrogens (tertiary/aromatic N) is 2. The van der Waals surface area contributed by atoms with Crippen molar-refractivity contribution in [3.05, 3.63) is 106 Å². The zero-order valence-electron chi connectivity index (χ0n) is 40.6. The Bertz CT molecular complexity index is 2060. The van der Waals surface area contributed by atoms with Crippen LogP contribution in [0.1, 0.15) is 165 Å². The number of unbranched alkanes of at least 4 members (excludes halogenated alkanes) is 12. The molecule has 18 heteroatoms. The lowest BCUT2D eigenvalue weighted by Gasteiger charge is -2.13. The lowest BCUT2D eigenvalue weighted by atomic mass is 10.1. The summed E-state index contributed by atoms with van der Waals surface area (Å²) in [5.74, 6) is -2.59. The Morgan fingerprint density at radius 3 is 0.871 bits per heavy atom. The monoisotopic (exact) mass is 963 g/mol. The van der Waals surface area contributed by atoms with Crippen LogP contribution in [0.15, 0.2) is 73.1 Å². The Hall–Kier alpha value is -6.60. The molecule has 0 radical (unpaired) electrons. The first-order valence-corrected chi connectivity index (χ1v) is 24.8. The first kappa shape index (κ1) is 56.0. The van der Waals surface area contributed by atoms with Crippen molar-refractivity contribution in [2.24, 2.45) is 22.9 Å². The minimum atomic E-state index is -0.539. The average molecular weight is 963 g/mol. The van der Waals surface area contributed by atoms with E-state index in [1.54, 1.807) is 0 Å². The fraction of sp³-hybridized carbons (Fsp3) is 0.462. The predicted molar refractivity (Wildman–Crippen MR) is 276 cm³/mol. The molecule has 2 aromatic carbocycles. The van der Waals surface area contributed by atoms with Crippen LogP contribution in [0.5, 0.6) is 0 Å². The standard InChI is InChI=1S/C52H74N12O6/c53-19-9-1-5-13-23-59-47(65)39-29-40(48(66)60-24-14-6-2-10-20-54)32-43(31-39)63-51(69)37-17-27-57-45(35-37)46-36-38(18-28-58-46)52(70)64-44-33-41(49(67)61-25-15-7-3-11-21-55)30-42(34-44)50(68)62-26-16-8-4-12-22-56/h17-18,27-36H,1-16,19-26,53-56H2,(H,59,65)(H,60,66)(H,61,67)(H,62,68)(H,63,69)(H,64,70). The van der Waals surface area contributed by atoms with Gasteiger partial charge in [-0.15, -0.1) is 0 Å². The van der Waals surface area contributed by atoms with Gasteiger partial charge in [-0.05, 0) is 138 Å². The Balaban J connectivity index is 1.51. The van der Waals surface area contributed by atoms with Crippen LogP contribution in [0, 0.1) is 0 Å². The summed E-state index contributed by atoms with van der Waals surface area (Å²) in [5.41, 5.74) is 24.7. The number of benzene rings is 2. The SMILES string of the molecule is NCCCCCCNC(=O)c1cc(NC(=O)c2ccnc(-c3cc(C(=O)Nc4cc(C(=O)NCCCCCCN)cc(C(=O)NCCCCCCN)c4)ccn3)c2)cc(C(=O)NCCCCCCN)c1. The Kier molecular flexibility index (Phi) is 25.8. The molecule has 4 aromatic rings. The summed E-state index contributed by atoms with van der Waals surface area (Å²) in [6.45, 7) is 4.25. The fourth-order valence-electron chi connectivity index (χ4n) is 7.46. The third kappa shape index (κ3) is 20.2. The third-order valence-corrected chi connectivity index (χ3v) is 11.4. The molecule has 0 unspecified atom stereocenters. The molecule has 0 saturated heterocycles. The second-order valence-electron chi connectivity index (χ2n) is 17.2. The van der Waals surface area contributed by atoms with Crippen LogP contribution in [0.4, 0.5) is 11.4 Å². The number of carbonyl (C=O) groups excluding carboxylic acids is 6. The van der Waals surface area contributed by atoms with E-state index in [1.807, 2.05) is 0 Å². The molecular formula is C52H74N12O6. The maximum absolute atomic E-state index is 13.8. The summed E-state index contributed by atoms with van der Waals surface area (Å²) in [6, 6.07) is 15.1. The van der Waals surface area contributed by atoms with Crippen LogP contribution in [-0.4, -0.2) is 97.8 Å². The van der Waals surface area contributed by atoms with Gasteiger partial charge in [0.25, 0.3) is 35.4 Å². The van der Waals surface area contributed by atoms with Gasteiger partial charge in [0, 0.05) is 83.3 Å². The van der Waals surface area contributed by atoms with Crippen molar-refractivity contribution in [1.82, 2.24) is 31.2 Å². The Morgan fingerprint density at radius 1 is 0.329 bits per heavy atom. The van der Waals surface area contributed by atoms with E-state index in [0.717, 1.165) is 103 Å². The first-order chi connectivity index (χ1) is 34.1. The zero-order valence-corrected chi connectivity index (χ0v) is 40.6. The van der Waals surface area contributed by atoms with Crippen molar-refractivity contribution in [2.75, 3.05) is 63.0 Å². The molecule has 14 N–H and O–H groups in total. The van der Waals surface area contributed by atoms with Gasteiger partial charge in [-0.2, -0.15) is 0 Å². The molecule has 0 saturated carbocycles. The number of rotatable bonds is 33. The van der Waals surface area contributed by atoms with E-state index in [4.69, 9.17) is 22.9 Å². The molecule has 0 bridgehead atoms. The third-order valence-electron chi connectivity index (χ3n) is 11.4. The lowest BCUT2D eigenvalue weighted by molar-refractivity contribution is 0.0937. The summed E-state index contributed by atoms with van der Waals surface area (Å²) in [7, 11) is 0. The first-order valence-electron chi connectivity index (χ1n) is 24.8. The van der Waals surface area contributed by atoms with Crippen molar-refractivity contribution < 1.29 is 28.8 Å². The number of pyridine rings is 2. The van der Waals surface area contributed by atoms with Crippen LogP contribution in [-0.2, 0) is 0 Å². The molecule has 0 fully saturated rings. The predicted octanol–water partition coefficient (Wildman–Crippen LogP) is 5.64. The topological polar surface area (TPSA) is 304 Å². The van der Waals surface area contributed by atoms with Crippen molar-refractivity contribution >= 4 is 46.8 Å². The highest BCUT2D eigenvalue weighted by Gasteiger charge is 2.19. The van der Waals surface area contributed by atoms with Crippen LogP contribution in [0.25, 0.3) is 11.4 Å². The minimum absolute atomic E-state index is 0.199. The van der Waals surface area contributed by atoms with Gasteiger partial charge in [-0.25, -0.2) is 0 Å². The van der Waals surface area contributed by atoms with Crippen LogP contribution in [0.3, 0.4) is 0 Å². The van der Waals surface area contributed by atoms with Gasteiger partial charge in [0.05, 0.1) is 11.4 Å². The number of amides is 6. The Morgan fingerprint density at radius 2 is 0.600 bits per heavy atom. The summed E-state index contributed by atoms with van der Waals surface area (Å²) in [4.78, 5) is 89.7. The number of aromatic nitrogens is 2. The van der Waals surface area contributed by atoms with E-state index in [9.17, 15) is 28.8 Å². The molecule has 6 amide bonds. The van der Waals surface area contributed by atoms with E-state index >= 15 is 0 Å². The van der Waals surface area contributed by atoms with E-state index in [1.165, 1.54) is 73.1 Å². The molecule has 18 nitrogen and oxygen atoms in total. The molecule has 0 aliphatic heterocycles. The number of nitrogens with one attached hydrogen (secondary N) is 6. The zero-order chi connectivity index (χ0) is 50.4. The maximum Gasteiger partial charge on any atom is 0.255 e. The summed E-state index contributed by atoms with van der Waals surface area (Å²) >= 11 is 0. The highest BCUT2D eigenvalue weighted by atomic mass is 16.2. The minimum Gasteiger partial charge on any atom is -0.352 e. The highest BCUT2D eigenvalue weighted by molar-refractivity contribution is 6.09. The molecule has 2 heterocycles. The van der Waals surface area contributed by atoms with Gasteiger partial charge in [0.15, 0.2) is 0 Å². The molecule has 4 rings (SSSR count). The molecule has 0 atom stereocenters. The van der Waals surface area contributed by atoms with E-state index < -0.39 is 11.8 Å². The lowest BCUT2D eigenvalue weighted by Crippen LogP contribution is -2.27. The van der Waals surface area contributed by atoms with Crippen molar-refractivity contribution in [3.63, 3.8) is 0 Å². The molecular weight excluding hydrogens is 889 g/mol. The van der Waals surface area contributed by atoms with Gasteiger partial charge in [-0.3, -0.25) is 38.7 Å². The van der Waals surface area contributed by atoms with E-state index in [2.05, 4.69) is 41.9 Å². The summed E-state index contributed by atoms with van der Waals surface area (Å²) in [5, 5.41) is 17.3. The van der Waals surface area contributed by atoms with E-state index in [0.29, 0.717) is 52.4 Å². The largest absolute Gasteiger partial charge is 0.352 e.